The second-order valence-electron chi connectivity index (χ2n) is 3.06. The maximum atomic E-state index is 4.38. The van der Waals surface area contributed by atoms with Crippen molar-refractivity contribution in [1.82, 2.24) is 5.32 Å². The Morgan fingerprint density at radius 3 is 2.60 bits per heavy atom. The average Bonchev–Trinajstić information content (AvgIpc) is 1.86. The monoisotopic (exact) mass is 134 g/mol. The van der Waals surface area contributed by atoms with E-state index in [1.54, 1.807) is 0 Å². The highest BCUT2D eigenvalue weighted by atomic mass is 14.9. The topological polar surface area (TPSA) is 14.1 Å². The molecule has 0 aromatic heterocycles. The third-order valence-electron chi connectivity index (χ3n) is 2.40. The first kappa shape index (κ1) is 6.02. The molecule has 1 heterocycles. The van der Waals surface area contributed by atoms with Gasteiger partial charge < -0.3 is 0 Å². The SMILES string of the molecule is C1=C[N]C(C2CCC2)C=C1. The molecule has 0 bridgehead atoms. The molecule has 2 rings (SSSR count). The van der Waals surface area contributed by atoms with Gasteiger partial charge in [-0.25, -0.2) is 0 Å². The van der Waals surface area contributed by atoms with Gasteiger partial charge in [-0.05, 0) is 24.8 Å². The molecular formula is C9H12N. The van der Waals surface area contributed by atoms with Crippen molar-refractivity contribution in [2.24, 2.45) is 5.92 Å². The summed E-state index contributed by atoms with van der Waals surface area (Å²) in [5.74, 6) is 0.862. The first-order chi connectivity index (χ1) is 4.97. The number of rotatable bonds is 1. The van der Waals surface area contributed by atoms with Crippen LogP contribution in [0.3, 0.4) is 0 Å². The highest BCUT2D eigenvalue weighted by molar-refractivity contribution is 5.13. The van der Waals surface area contributed by atoms with Crippen LogP contribution < -0.4 is 5.32 Å². The summed E-state index contributed by atoms with van der Waals surface area (Å²) in [5.41, 5.74) is 0. The second kappa shape index (κ2) is 2.49. The van der Waals surface area contributed by atoms with Crippen molar-refractivity contribution >= 4 is 0 Å². The molecule has 2 aliphatic rings. The number of hydrogen-bond acceptors (Lipinski definition) is 0. The van der Waals surface area contributed by atoms with Crippen molar-refractivity contribution in [2.75, 3.05) is 0 Å². The third kappa shape index (κ3) is 0.962. The van der Waals surface area contributed by atoms with Gasteiger partial charge in [-0.1, -0.05) is 18.6 Å². The van der Waals surface area contributed by atoms with Crippen molar-refractivity contribution in [2.45, 2.75) is 25.3 Å². The van der Waals surface area contributed by atoms with Crippen LogP contribution in [-0.2, 0) is 0 Å². The fraction of sp³-hybridized carbons (Fsp3) is 0.556. The molecule has 1 heteroatoms. The van der Waals surface area contributed by atoms with Crippen molar-refractivity contribution < 1.29 is 0 Å². The van der Waals surface area contributed by atoms with Gasteiger partial charge in [-0.3, -0.25) is 5.32 Å². The van der Waals surface area contributed by atoms with Crippen LogP contribution in [-0.4, -0.2) is 6.04 Å². The van der Waals surface area contributed by atoms with Crippen LogP contribution in [0.1, 0.15) is 19.3 Å². The van der Waals surface area contributed by atoms with E-state index in [0.717, 1.165) is 5.92 Å². The summed E-state index contributed by atoms with van der Waals surface area (Å²) in [6, 6.07) is 0.513. The van der Waals surface area contributed by atoms with Gasteiger partial charge in [0, 0.05) is 6.20 Å². The van der Waals surface area contributed by atoms with Crippen molar-refractivity contribution in [3.63, 3.8) is 0 Å². The van der Waals surface area contributed by atoms with Crippen LogP contribution in [0, 0.1) is 5.92 Å². The zero-order chi connectivity index (χ0) is 6.81. The Labute approximate surface area is 61.8 Å². The van der Waals surface area contributed by atoms with E-state index in [1.807, 2.05) is 12.3 Å². The lowest BCUT2D eigenvalue weighted by Crippen LogP contribution is -2.31. The normalized spacial score (nSPS) is 31.4. The standard InChI is InChI=1S/C9H12N/c1-2-7-10-9(6-1)8-4-3-5-8/h1-2,6-9H,3-5H2. The first-order valence-electron chi connectivity index (χ1n) is 4.00. The summed E-state index contributed by atoms with van der Waals surface area (Å²) in [6.07, 6.45) is 12.4. The van der Waals surface area contributed by atoms with Crippen LogP contribution in [0.4, 0.5) is 0 Å². The minimum atomic E-state index is 0.513. The Balaban J connectivity index is 1.92. The zero-order valence-corrected chi connectivity index (χ0v) is 6.03. The molecule has 1 saturated carbocycles. The van der Waals surface area contributed by atoms with Gasteiger partial charge in [0.15, 0.2) is 0 Å². The molecule has 0 aromatic rings. The molecule has 1 unspecified atom stereocenters. The minimum absolute atomic E-state index is 0.513. The van der Waals surface area contributed by atoms with Gasteiger partial charge in [0.25, 0.3) is 0 Å². The van der Waals surface area contributed by atoms with Crippen molar-refractivity contribution in [3.8, 4) is 0 Å². The number of hydrogen-bond donors (Lipinski definition) is 0. The predicted molar refractivity (Wildman–Crippen MR) is 41.5 cm³/mol. The van der Waals surface area contributed by atoms with E-state index in [2.05, 4.69) is 17.5 Å². The number of nitrogens with zero attached hydrogens (tertiary/aromatic N) is 1. The van der Waals surface area contributed by atoms with E-state index >= 15 is 0 Å². The Morgan fingerprint density at radius 2 is 2.10 bits per heavy atom. The number of allylic oxidation sites excluding steroid dienone is 2. The van der Waals surface area contributed by atoms with E-state index in [4.69, 9.17) is 0 Å². The summed E-state index contributed by atoms with van der Waals surface area (Å²) in [5, 5.41) is 4.38. The molecule has 1 atom stereocenters. The third-order valence-corrected chi connectivity index (χ3v) is 2.40. The molecule has 0 aromatic carbocycles. The lowest BCUT2D eigenvalue weighted by atomic mass is 9.79. The van der Waals surface area contributed by atoms with E-state index in [-0.39, 0.29) is 0 Å². The Bertz CT molecular complexity index is 166. The molecule has 0 saturated heterocycles. The fourth-order valence-electron chi connectivity index (χ4n) is 1.49. The molecule has 10 heavy (non-hydrogen) atoms. The zero-order valence-electron chi connectivity index (χ0n) is 6.03. The van der Waals surface area contributed by atoms with Gasteiger partial charge in [-0.2, -0.15) is 0 Å². The van der Waals surface area contributed by atoms with E-state index in [9.17, 15) is 0 Å². The van der Waals surface area contributed by atoms with Gasteiger partial charge in [-0.15, -0.1) is 0 Å². The Kier molecular flexibility index (Phi) is 1.50. The summed E-state index contributed by atoms with van der Waals surface area (Å²) < 4.78 is 0. The van der Waals surface area contributed by atoms with Gasteiger partial charge in [0.05, 0.1) is 6.04 Å². The molecule has 0 N–H and O–H groups in total. The van der Waals surface area contributed by atoms with Gasteiger partial charge in [0.1, 0.15) is 0 Å². The largest absolute Gasteiger partial charge is 0.285 e. The second-order valence-corrected chi connectivity index (χ2v) is 3.06. The van der Waals surface area contributed by atoms with Crippen LogP contribution in [0.25, 0.3) is 0 Å². The highest BCUT2D eigenvalue weighted by Gasteiger charge is 2.25. The lowest BCUT2D eigenvalue weighted by molar-refractivity contribution is 0.269. The maximum Gasteiger partial charge on any atom is 0.0711 e. The average molecular weight is 134 g/mol. The predicted octanol–water partition coefficient (Wildman–Crippen LogP) is 1.84. The summed E-state index contributed by atoms with van der Waals surface area (Å²) in [6.45, 7) is 0. The van der Waals surface area contributed by atoms with Crippen LogP contribution in [0.15, 0.2) is 24.4 Å². The van der Waals surface area contributed by atoms with E-state index < -0.39 is 0 Å². The summed E-state index contributed by atoms with van der Waals surface area (Å²) in [4.78, 5) is 0. The molecule has 1 fully saturated rings. The molecular weight excluding hydrogens is 122 g/mol. The molecule has 1 aliphatic heterocycles. The van der Waals surface area contributed by atoms with Crippen LogP contribution in [0.5, 0.6) is 0 Å². The Hall–Kier alpha value is -0.720. The molecule has 1 aliphatic carbocycles. The quantitative estimate of drug-likeness (QED) is 0.519. The van der Waals surface area contributed by atoms with Gasteiger partial charge in [0.2, 0.25) is 0 Å². The van der Waals surface area contributed by atoms with E-state index in [0.29, 0.717) is 6.04 Å². The molecule has 53 valence electrons. The van der Waals surface area contributed by atoms with Crippen LogP contribution in [0.2, 0.25) is 0 Å². The summed E-state index contributed by atoms with van der Waals surface area (Å²) in [7, 11) is 0. The smallest absolute Gasteiger partial charge is 0.0711 e. The highest BCUT2D eigenvalue weighted by Crippen LogP contribution is 2.31. The Morgan fingerprint density at radius 1 is 1.20 bits per heavy atom. The first-order valence-corrected chi connectivity index (χ1v) is 4.00. The molecule has 1 radical (unpaired) electrons. The summed E-state index contributed by atoms with van der Waals surface area (Å²) >= 11 is 0. The maximum absolute atomic E-state index is 4.38. The van der Waals surface area contributed by atoms with Crippen molar-refractivity contribution in [1.29, 1.82) is 0 Å². The molecule has 1 nitrogen and oxygen atoms in total. The lowest BCUT2D eigenvalue weighted by Gasteiger charge is -2.31. The van der Waals surface area contributed by atoms with E-state index in [1.165, 1.54) is 19.3 Å². The van der Waals surface area contributed by atoms with Crippen LogP contribution >= 0.6 is 0 Å². The van der Waals surface area contributed by atoms with Gasteiger partial charge >= 0.3 is 0 Å². The van der Waals surface area contributed by atoms with Crippen molar-refractivity contribution in [3.05, 3.63) is 24.4 Å². The molecule has 0 amide bonds. The molecule has 0 spiro atoms. The minimum Gasteiger partial charge on any atom is -0.285 e. The fourth-order valence-corrected chi connectivity index (χ4v) is 1.49.